The summed E-state index contributed by atoms with van der Waals surface area (Å²) in [5.41, 5.74) is 5.41. The van der Waals surface area contributed by atoms with Gasteiger partial charge in [-0.25, -0.2) is 0 Å². The van der Waals surface area contributed by atoms with Gasteiger partial charge in [-0.05, 0) is 25.3 Å². The van der Waals surface area contributed by atoms with Crippen molar-refractivity contribution in [3.8, 4) is 0 Å². The molecule has 0 aromatic heterocycles. The lowest BCUT2D eigenvalue weighted by molar-refractivity contribution is 0.0653. The summed E-state index contributed by atoms with van der Waals surface area (Å²) in [4.78, 5) is 0. The highest BCUT2D eigenvalue weighted by atomic mass is 16.5. The number of hydrogen-bond donors (Lipinski definition) is 2. The van der Waals surface area contributed by atoms with Gasteiger partial charge in [-0.2, -0.15) is 0 Å². The summed E-state index contributed by atoms with van der Waals surface area (Å²) < 4.78 is 5.41. The van der Waals surface area contributed by atoms with Crippen molar-refractivity contribution in [3.05, 3.63) is 35.4 Å². The van der Waals surface area contributed by atoms with Crippen LogP contribution in [0.1, 0.15) is 24.5 Å². The number of hydrogen-bond acceptors (Lipinski definition) is 3. The van der Waals surface area contributed by atoms with Gasteiger partial charge in [-0.3, -0.25) is 11.3 Å². The second-order valence-electron chi connectivity index (χ2n) is 4.15. The van der Waals surface area contributed by atoms with Gasteiger partial charge < -0.3 is 4.74 Å². The minimum absolute atomic E-state index is 0.158. The Bertz CT molecular complexity index is 311. The summed E-state index contributed by atoms with van der Waals surface area (Å²) in [5.74, 6) is 5.58. The number of rotatable bonds is 6. The monoisotopic (exact) mass is 222 g/mol. The number of benzene rings is 1. The number of ether oxygens (including phenoxy) is 1. The normalized spacial score (nSPS) is 14.8. The average Bonchev–Trinajstić information content (AvgIpc) is 2.29. The van der Waals surface area contributed by atoms with E-state index in [4.69, 9.17) is 10.6 Å². The summed E-state index contributed by atoms with van der Waals surface area (Å²) in [6.45, 7) is 4.21. The molecule has 0 saturated heterocycles. The lowest BCUT2D eigenvalue weighted by Crippen LogP contribution is -2.46. The van der Waals surface area contributed by atoms with Crippen molar-refractivity contribution in [3.63, 3.8) is 0 Å². The summed E-state index contributed by atoms with van der Waals surface area (Å²) in [5, 5.41) is 0. The van der Waals surface area contributed by atoms with Crippen LogP contribution >= 0.6 is 0 Å². The Hall–Kier alpha value is -0.900. The Morgan fingerprint density at radius 3 is 2.69 bits per heavy atom. The van der Waals surface area contributed by atoms with Gasteiger partial charge in [0.1, 0.15) is 0 Å². The highest BCUT2D eigenvalue weighted by molar-refractivity contribution is 5.23. The van der Waals surface area contributed by atoms with Crippen LogP contribution in [0.25, 0.3) is 0 Å². The van der Waals surface area contributed by atoms with E-state index < -0.39 is 0 Å². The van der Waals surface area contributed by atoms with Crippen molar-refractivity contribution in [1.82, 2.24) is 5.43 Å². The Morgan fingerprint density at radius 2 is 2.19 bits per heavy atom. The van der Waals surface area contributed by atoms with Crippen molar-refractivity contribution in [2.24, 2.45) is 5.84 Å². The zero-order valence-electron chi connectivity index (χ0n) is 10.4. The lowest BCUT2D eigenvalue weighted by atomic mass is 9.99. The molecule has 0 heterocycles. The Balaban J connectivity index is 2.69. The molecule has 90 valence electrons. The third-order valence-corrected chi connectivity index (χ3v) is 2.91. The Labute approximate surface area is 98.0 Å². The molecular formula is C13H22N2O. The number of nitrogens with two attached hydrogens (primary N) is 1. The van der Waals surface area contributed by atoms with Gasteiger partial charge in [-0.15, -0.1) is 0 Å². The number of aryl methyl sites for hydroxylation is 1. The van der Waals surface area contributed by atoms with Crippen LogP contribution in [-0.4, -0.2) is 19.3 Å². The molecule has 3 nitrogen and oxygen atoms in total. The van der Waals surface area contributed by atoms with Crippen LogP contribution < -0.4 is 11.3 Å². The van der Waals surface area contributed by atoms with Gasteiger partial charge in [0.2, 0.25) is 0 Å². The fourth-order valence-corrected chi connectivity index (χ4v) is 2.01. The average molecular weight is 222 g/mol. The van der Waals surface area contributed by atoms with Gasteiger partial charge in [0.25, 0.3) is 0 Å². The summed E-state index contributed by atoms with van der Waals surface area (Å²) in [7, 11) is 1.73. The van der Waals surface area contributed by atoms with Crippen molar-refractivity contribution in [2.75, 3.05) is 7.11 Å². The summed E-state index contributed by atoms with van der Waals surface area (Å²) in [6.07, 6.45) is 2.01. The van der Waals surface area contributed by atoms with Crippen LogP contribution in [0.15, 0.2) is 24.3 Å². The van der Waals surface area contributed by atoms with Crippen LogP contribution in [0.5, 0.6) is 0 Å². The van der Waals surface area contributed by atoms with Gasteiger partial charge in [0.15, 0.2) is 0 Å². The molecule has 0 aliphatic rings. The summed E-state index contributed by atoms with van der Waals surface area (Å²) >= 11 is 0. The minimum atomic E-state index is 0.158. The first-order valence-electron chi connectivity index (χ1n) is 5.75. The van der Waals surface area contributed by atoms with E-state index in [2.05, 4.69) is 43.5 Å². The molecule has 3 N–H and O–H groups in total. The van der Waals surface area contributed by atoms with Gasteiger partial charge in [0.05, 0.1) is 12.1 Å². The maximum absolute atomic E-state index is 5.58. The molecule has 0 saturated carbocycles. The topological polar surface area (TPSA) is 47.3 Å². The zero-order chi connectivity index (χ0) is 12.0. The molecule has 3 heteroatoms. The second-order valence-corrected chi connectivity index (χ2v) is 4.15. The fourth-order valence-electron chi connectivity index (χ4n) is 2.01. The first kappa shape index (κ1) is 13.2. The zero-order valence-corrected chi connectivity index (χ0v) is 10.4. The number of hydrazine groups is 1. The molecule has 0 aliphatic carbocycles. The molecule has 0 spiro atoms. The fraction of sp³-hybridized carbons (Fsp3) is 0.538. The van der Waals surface area contributed by atoms with Crippen molar-refractivity contribution < 1.29 is 4.74 Å². The highest BCUT2D eigenvalue weighted by Gasteiger charge is 2.18. The first-order chi connectivity index (χ1) is 7.71. The van der Waals surface area contributed by atoms with E-state index in [1.54, 1.807) is 7.11 Å². The third-order valence-electron chi connectivity index (χ3n) is 2.91. The SMILES string of the molecule is CCC(OC)C(Cc1cccc(C)c1)NN. The molecule has 16 heavy (non-hydrogen) atoms. The van der Waals surface area contributed by atoms with Crippen LogP contribution in [0.3, 0.4) is 0 Å². The van der Waals surface area contributed by atoms with E-state index in [-0.39, 0.29) is 12.1 Å². The van der Waals surface area contributed by atoms with Gasteiger partial charge >= 0.3 is 0 Å². The molecule has 0 aliphatic heterocycles. The lowest BCUT2D eigenvalue weighted by Gasteiger charge is -2.24. The summed E-state index contributed by atoms with van der Waals surface area (Å²) in [6, 6.07) is 8.65. The van der Waals surface area contributed by atoms with E-state index >= 15 is 0 Å². The smallest absolute Gasteiger partial charge is 0.0738 e. The van der Waals surface area contributed by atoms with E-state index in [1.165, 1.54) is 11.1 Å². The highest BCUT2D eigenvalue weighted by Crippen LogP contribution is 2.11. The second kappa shape index (κ2) is 6.63. The van der Waals surface area contributed by atoms with Crippen molar-refractivity contribution >= 4 is 0 Å². The van der Waals surface area contributed by atoms with Crippen LogP contribution in [0, 0.1) is 6.92 Å². The molecule has 0 amide bonds. The van der Waals surface area contributed by atoms with Crippen LogP contribution in [0.4, 0.5) is 0 Å². The van der Waals surface area contributed by atoms with Crippen LogP contribution in [-0.2, 0) is 11.2 Å². The quantitative estimate of drug-likeness (QED) is 0.570. The molecule has 1 aromatic rings. The molecule has 2 unspecified atom stereocenters. The molecule has 2 atom stereocenters. The largest absolute Gasteiger partial charge is 0.380 e. The van der Waals surface area contributed by atoms with E-state index in [0.717, 1.165) is 12.8 Å². The van der Waals surface area contributed by atoms with Gasteiger partial charge in [0, 0.05) is 7.11 Å². The molecule has 0 radical (unpaired) electrons. The minimum Gasteiger partial charge on any atom is -0.380 e. The number of methoxy groups -OCH3 is 1. The molecule has 1 rings (SSSR count). The Morgan fingerprint density at radius 1 is 1.44 bits per heavy atom. The Kier molecular flexibility index (Phi) is 5.46. The van der Waals surface area contributed by atoms with E-state index in [0.29, 0.717) is 0 Å². The third kappa shape index (κ3) is 3.59. The van der Waals surface area contributed by atoms with Crippen LogP contribution in [0.2, 0.25) is 0 Å². The van der Waals surface area contributed by atoms with E-state index in [9.17, 15) is 0 Å². The van der Waals surface area contributed by atoms with Crippen molar-refractivity contribution in [2.45, 2.75) is 38.8 Å². The predicted molar refractivity (Wildman–Crippen MR) is 67.1 cm³/mol. The first-order valence-corrected chi connectivity index (χ1v) is 5.75. The van der Waals surface area contributed by atoms with Gasteiger partial charge in [-0.1, -0.05) is 36.8 Å². The molecular weight excluding hydrogens is 200 g/mol. The molecule has 1 aromatic carbocycles. The molecule has 0 fully saturated rings. The number of nitrogens with one attached hydrogen (secondary N) is 1. The predicted octanol–water partition coefficient (Wildman–Crippen LogP) is 1.79. The van der Waals surface area contributed by atoms with E-state index in [1.807, 2.05) is 0 Å². The maximum Gasteiger partial charge on any atom is 0.0738 e. The standard InChI is InChI=1S/C13H22N2O/c1-4-13(16-3)12(15-14)9-11-7-5-6-10(2)8-11/h5-8,12-13,15H,4,9,14H2,1-3H3. The maximum atomic E-state index is 5.58. The molecule has 0 bridgehead atoms. The van der Waals surface area contributed by atoms with Crippen molar-refractivity contribution in [1.29, 1.82) is 0 Å².